The molecule has 0 amide bonds. The number of hydrogen-bond donors (Lipinski definition) is 1. The molecule has 0 aliphatic rings. The lowest BCUT2D eigenvalue weighted by atomic mass is 10.2. The van der Waals surface area contributed by atoms with Crippen LogP contribution in [0, 0.1) is 0 Å². The third kappa shape index (κ3) is 6.25. The van der Waals surface area contributed by atoms with Gasteiger partial charge in [-0.1, -0.05) is 11.6 Å². The van der Waals surface area contributed by atoms with Crippen LogP contribution in [0.1, 0.15) is 12.5 Å². The molecule has 1 atom stereocenters. The smallest absolute Gasteiger partial charge is 0.124 e. The van der Waals surface area contributed by atoms with Crippen molar-refractivity contribution in [1.82, 2.24) is 5.32 Å². The van der Waals surface area contributed by atoms with E-state index < -0.39 is 0 Å². The predicted molar refractivity (Wildman–Crippen MR) is 77.0 cm³/mol. The highest BCUT2D eigenvalue weighted by Crippen LogP contribution is 2.23. The van der Waals surface area contributed by atoms with Gasteiger partial charge in [-0.05, 0) is 25.1 Å². The first kappa shape index (κ1) is 16.2. The molecule has 108 valence electrons. The van der Waals surface area contributed by atoms with Gasteiger partial charge in [0.2, 0.25) is 0 Å². The molecule has 0 bridgehead atoms. The topological polar surface area (TPSA) is 39.7 Å². The summed E-state index contributed by atoms with van der Waals surface area (Å²) < 4.78 is 15.9. The van der Waals surface area contributed by atoms with Crippen molar-refractivity contribution in [3.63, 3.8) is 0 Å². The minimum Gasteiger partial charge on any atom is -0.488 e. The van der Waals surface area contributed by atoms with Crippen molar-refractivity contribution in [1.29, 1.82) is 0 Å². The number of rotatable bonds is 9. The number of ether oxygens (including phenoxy) is 3. The highest BCUT2D eigenvalue weighted by molar-refractivity contribution is 6.30. The van der Waals surface area contributed by atoms with Crippen LogP contribution < -0.4 is 10.1 Å². The van der Waals surface area contributed by atoms with Gasteiger partial charge in [-0.25, -0.2) is 0 Å². The molecule has 19 heavy (non-hydrogen) atoms. The van der Waals surface area contributed by atoms with Gasteiger partial charge in [0, 0.05) is 37.9 Å². The van der Waals surface area contributed by atoms with E-state index in [1.165, 1.54) is 0 Å². The molecule has 0 aliphatic heterocycles. The van der Waals surface area contributed by atoms with Crippen LogP contribution >= 0.6 is 11.6 Å². The van der Waals surface area contributed by atoms with Crippen molar-refractivity contribution in [3.05, 3.63) is 28.8 Å². The van der Waals surface area contributed by atoms with Crippen LogP contribution in [0.15, 0.2) is 18.2 Å². The first-order valence-corrected chi connectivity index (χ1v) is 6.68. The first-order chi connectivity index (χ1) is 9.17. The van der Waals surface area contributed by atoms with Gasteiger partial charge in [-0.15, -0.1) is 0 Å². The van der Waals surface area contributed by atoms with Gasteiger partial charge in [0.15, 0.2) is 0 Å². The van der Waals surface area contributed by atoms with E-state index in [1.807, 2.05) is 25.1 Å². The van der Waals surface area contributed by atoms with E-state index in [0.717, 1.165) is 17.9 Å². The zero-order valence-electron chi connectivity index (χ0n) is 11.7. The molecule has 1 aromatic carbocycles. The van der Waals surface area contributed by atoms with Crippen LogP contribution in [0.5, 0.6) is 5.75 Å². The summed E-state index contributed by atoms with van der Waals surface area (Å²) in [5.41, 5.74) is 1.03. The van der Waals surface area contributed by atoms with E-state index in [-0.39, 0.29) is 6.10 Å². The predicted octanol–water partition coefficient (Wildman–Crippen LogP) is 2.49. The Morgan fingerprint density at radius 3 is 2.74 bits per heavy atom. The molecule has 0 saturated carbocycles. The third-order valence-corrected chi connectivity index (χ3v) is 2.79. The maximum Gasteiger partial charge on any atom is 0.124 e. The molecule has 1 unspecified atom stereocenters. The van der Waals surface area contributed by atoms with E-state index in [0.29, 0.717) is 24.8 Å². The Morgan fingerprint density at radius 2 is 2.05 bits per heavy atom. The van der Waals surface area contributed by atoms with Crippen LogP contribution in [-0.4, -0.2) is 40.1 Å². The molecule has 0 aliphatic carbocycles. The zero-order valence-corrected chi connectivity index (χ0v) is 12.5. The van der Waals surface area contributed by atoms with E-state index in [2.05, 4.69) is 5.32 Å². The van der Waals surface area contributed by atoms with Crippen LogP contribution in [-0.2, 0) is 16.0 Å². The fourth-order valence-electron chi connectivity index (χ4n) is 1.68. The fraction of sp³-hybridized carbons (Fsp3) is 0.571. The minimum atomic E-state index is 0.00361. The number of benzene rings is 1. The molecule has 0 radical (unpaired) electrons. The molecule has 4 nitrogen and oxygen atoms in total. The molecule has 0 aromatic heterocycles. The van der Waals surface area contributed by atoms with Gasteiger partial charge < -0.3 is 19.5 Å². The quantitative estimate of drug-likeness (QED) is 0.709. The Hall–Kier alpha value is -0.810. The van der Waals surface area contributed by atoms with Crippen molar-refractivity contribution in [2.24, 2.45) is 0 Å². The molecule has 1 aromatic rings. The maximum absolute atomic E-state index is 6.02. The lowest BCUT2D eigenvalue weighted by Crippen LogP contribution is -2.21. The standard InChI is InChI=1S/C14H22ClNO3/c1-11(10-18-3)19-14-5-4-13(15)8-12(14)9-16-6-7-17-2/h4-5,8,11,16H,6-7,9-10H2,1-3H3. The van der Waals surface area contributed by atoms with E-state index >= 15 is 0 Å². The second-order valence-corrected chi connectivity index (χ2v) is 4.74. The van der Waals surface area contributed by atoms with E-state index in [9.17, 15) is 0 Å². The molecule has 0 spiro atoms. The monoisotopic (exact) mass is 287 g/mol. The molecule has 0 saturated heterocycles. The minimum absolute atomic E-state index is 0.00361. The summed E-state index contributed by atoms with van der Waals surface area (Å²) in [4.78, 5) is 0. The van der Waals surface area contributed by atoms with Gasteiger partial charge in [-0.2, -0.15) is 0 Å². The van der Waals surface area contributed by atoms with Crippen molar-refractivity contribution >= 4 is 11.6 Å². The van der Waals surface area contributed by atoms with Crippen molar-refractivity contribution in [3.8, 4) is 5.75 Å². The molecular formula is C14H22ClNO3. The second-order valence-electron chi connectivity index (χ2n) is 4.31. The Kier molecular flexibility index (Phi) is 7.82. The van der Waals surface area contributed by atoms with Gasteiger partial charge in [-0.3, -0.25) is 0 Å². The average Bonchev–Trinajstić information content (AvgIpc) is 2.38. The average molecular weight is 288 g/mol. The zero-order chi connectivity index (χ0) is 14.1. The summed E-state index contributed by atoms with van der Waals surface area (Å²) in [7, 11) is 3.34. The molecule has 1 rings (SSSR count). The Balaban J connectivity index is 2.62. The molecular weight excluding hydrogens is 266 g/mol. The van der Waals surface area contributed by atoms with Crippen molar-refractivity contribution < 1.29 is 14.2 Å². The molecule has 0 heterocycles. The summed E-state index contributed by atoms with van der Waals surface area (Å²) in [6, 6.07) is 5.63. The van der Waals surface area contributed by atoms with Gasteiger partial charge in [0.1, 0.15) is 11.9 Å². The summed E-state index contributed by atoms with van der Waals surface area (Å²) in [5, 5.41) is 3.98. The van der Waals surface area contributed by atoms with Crippen LogP contribution in [0.3, 0.4) is 0 Å². The van der Waals surface area contributed by atoms with E-state index in [1.54, 1.807) is 14.2 Å². The lowest BCUT2D eigenvalue weighted by molar-refractivity contribution is 0.0913. The number of halogens is 1. The summed E-state index contributed by atoms with van der Waals surface area (Å²) in [6.45, 7) is 4.69. The maximum atomic E-state index is 6.02. The molecule has 0 fully saturated rings. The fourth-order valence-corrected chi connectivity index (χ4v) is 1.88. The summed E-state index contributed by atoms with van der Waals surface area (Å²) in [5.74, 6) is 0.832. The SMILES string of the molecule is COCCNCc1cc(Cl)ccc1OC(C)COC. The van der Waals surface area contributed by atoms with Crippen molar-refractivity contribution in [2.45, 2.75) is 19.6 Å². The lowest BCUT2D eigenvalue weighted by Gasteiger charge is -2.17. The normalized spacial score (nSPS) is 12.4. The largest absolute Gasteiger partial charge is 0.488 e. The van der Waals surface area contributed by atoms with Crippen LogP contribution in [0.2, 0.25) is 5.02 Å². The van der Waals surface area contributed by atoms with Gasteiger partial charge in [0.25, 0.3) is 0 Å². The highest BCUT2D eigenvalue weighted by Gasteiger charge is 2.09. The van der Waals surface area contributed by atoms with Gasteiger partial charge in [0.05, 0.1) is 13.2 Å². The third-order valence-electron chi connectivity index (χ3n) is 2.55. The number of methoxy groups -OCH3 is 2. The molecule has 1 N–H and O–H groups in total. The van der Waals surface area contributed by atoms with Crippen molar-refractivity contribution in [2.75, 3.05) is 34.0 Å². The first-order valence-electron chi connectivity index (χ1n) is 6.31. The van der Waals surface area contributed by atoms with Crippen LogP contribution in [0.4, 0.5) is 0 Å². The van der Waals surface area contributed by atoms with E-state index in [4.69, 9.17) is 25.8 Å². The number of nitrogens with one attached hydrogen (secondary N) is 1. The number of hydrogen-bond acceptors (Lipinski definition) is 4. The van der Waals surface area contributed by atoms with Crippen LogP contribution in [0.25, 0.3) is 0 Å². The summed E-state index contributed by atoms with van der Waals surface area (Å²) in [6.07, 6.45) is 0.00361. The Labute approximate surface area is 120 Å². The Morgan fingerprint density at radius 1 is 1.26 bits per heavy atom. The summed E-state index contributed by atoms with van der Waals surface area (Å²) >= 11 is 6.02. The van der Waals surface area contributed by atoms with Gasteiger partial charge >= 0.3 is 0 Å². The second kappa shape index (κ2) is 9.15. The highest BCUT2D eigenvalue weighted by atomic mass is 35.5. The Bertz CT molecular complexity index is 374. The molecule has 5 heteroatoms.